The topological polar surface area (TPSA) is 69.0 Å². The number of thioether (sulfide) groups is 1. The van der Waals surface area contributed by atoms with E-state index >= 15 is 0 Å². The summed E-state index contributed by atoms with van der Waals surface area (Å²) < 4.78 is 8.07. The number of ether oxygens (including phenoxy) is 1. The average molecular weight is 544 g/mol. The molecule has 0 bridgehead atoms. The zero-order valence-corrected chi connectivity index (χ0v) is 20.8. The van der Waals surface area contributed by atoms with Crippen LogP contribution in [0, 0.1) is 0 Å². The van der Waals surface area contributed by atoms with E-state index in [0.29, 0.717) is 33.1 Å². The summed E-state index contributed by atoms with van der Waals surface area (Å²) in [6, 6.07) is 22.6. The van der Waals surface area contributed by atoms with Crippen LogP contribution in [0.4, 0.5) is 0 Å². The van der Waals surface area contributed by atoms with Crippen LogP contribution in [0.3, 0.4) is 0 Å². The van der Waals surface area contributed by atoms with E-state index in [2.05, 4.69) is 43.6 Å². The summed E-state index contributed by atoms with van der Waals surface area (Å²) in [7, 11) is 1.59. The molecule has 0 spiro atoms. The Bertz CT molecular complexity index is 1250. The smallest absolute Gasteiger partial charge is 0.251 e. The van der Waals surface area contributed by atoms with E-state index in [1.165, 1.54) is 0 Å². The molecule has 0 saturated heterocycles. The Balaban J connectivity index is 1.56. The molecule has 0 atom stereocenters. The standard InChI is InChI=1S/C24H20BrClN4O2S/c1-32-19-12-8-17(9-13-19)23(31)27-14-22-28-29-24(30(22)21-5-3-2-4-20(21)26)33-15-16-6-10-18(25)11-7-16/h2-13H,14-15H2,1H3,(H,27,31). The molecule has 4 rings (SSSR count). The molecule has 1 amide bonds. The van der Waals surface area contributed by atoms with Gasteiger partial charge in [0.1, 0.15) is 5.75 Å². The van der Waals surface area contributed by atoms with Gasteiger partial charge in [0.15, 0.2) is 11.0 Å². The zero-order chi connectivity index (χ0) is 23.2. The lowest BCUT2D eigenvalue weighted by Gasteiger charge is -2.12. The normalized spacial score (nSPS) is 10.8. The van der Waals surface area contributed by atoms with Gasteiger partial charge in [0.2, 0.25) is 0 Å². The fourth-order valence-corrected chi connectivity index (χ4v) is 4.52. The molecule has 0 radical (unpaired) electrons. The lowest BCUT2D eigenvalue weighted by molar-refractivity contribution is 0.0949. The second-order valence-electron chi connectivity index (χ2n) is 7.01. The summed E-state index contributed by atoms with van der Waals surface area (Å²) >= 11 is 11.5. The first-order valence-corrected chi connectivity index (χ1v) is 12.2. The molecule has 6 nitrogen and oxygen atoms in total. The molecule has 0 aliphatic rings. The number of hydrogen-bond acceptors (Lipinski definition) is 5. The Morgan fingerprint density at radius 2 is 1.79 bits per heavy atom. The van der Waals surface area contributed by atoms with Gasteiger partial charge >= 0.3 is 0 Å². The van der Waals surface area contributed by atoms with Gasteiger partial charge in [-0.25, -0.2) is 0 Å². The number of amides is 1. The summed E-state index contributed by atoms with van der Waals surface area (Å²) in [5.74, 6) is 1.78. The van der Waals surface area contributed by atoms with Gasteiger partial charge in [-0.3, -0.25) is 9.36 Å². The van der Waals surface area contributed by atoms with E-state index in [0.717, 1.165) is 15.7 Å². The minimum atomic E-state index is -0.213. The Morgan fingerprint density at radius 1 is 1.06 bits per heavy atom. The molecule has 1 N–H and O–H groups in total. The summed E-state index contributed by atoms with van der Waals surface area (Å²) in [5, 5.41) is 12.9. The summed E-state index contributed by atoms with van der Waals surface area (Å²) in [4.78, 5) is 12.6. The molecule has 4 aromatic rings. The van der Waals surface area contributed by atoms with Crippen molar-refractivity contribution in [3.63, 3.8) is 0 Å². The highest BCUT2D eigenvalue weighted by molar-refractivity contribution is 9.10. The molecule has 1 aromatic heterocycles. The van der Waals surface area contributed by atoms with Gasteiger partial charge in [0.05, 0.1) is 24.4 Å². The van der Waals surface area contributed by atoms with Gasteiger partial charge in [0, 0.05) is 15.8 Å². The Kier molecular flexibility index (Phi) is 7.69. The van der Waals surface area contributed by atoms with Crippen molar-refractivity contribution in [1.29, 1.82) is 0 Å². The number of para-hydroxylation sites is 1. The minimum absolute atomic E-state index is 0.196. The minimum Gasteiger partial charge on any atom is -0.497 e. The number of nitrogens with one attached hydrogen (secondary N) is 1. The first-order chi connectivity index (χ1) is 16.0. The molecule has 0 unspecified atom stereocenters. The zero-order valence-electron chi connectivity index (χ0n) is 17.7. The van der Waals surface area contributed by atoms with Crippen LogP contribution in [0.15, 0.2) is 82.4 Å². The van der Waals surface area contributed by atoms with Crippen molar-refractivity contribution in [1.82, 2.24) is 20.1 Å². The average Bonchev–Trinajstić information content (AvgIpc) is 3.25. The van der Waals surface area contributed by atoms with Crippen molar-refractivity contribution in [3.8, 4) is 11.4 Å². The molecule has 0 aliphatic carbocycles. The second kappa shape index (κ2) is 10.9. The predicted molar refractivity (Wildman–Crippen MR) is 134 cm³/mol. The van der Waals surface area contributed by atoms with Crippen LogP contribution >= 0.6 is 39.3 Å². The van der Waals surface area contributed by atoms with Gasteiger partial charge in [-0.05, 0) is 54.1 Å². The van der Waals surface area contributed by atoms with E-state index < -0.39 is 0 Å². The molecule has 33 heavy (non-hydrogen) atoms. The maximum Gasteiger partial charge on any atom is 0.251 e. The number of halogens is 2. The van der Waals surface area contributed by atoms with E-state index in [9.17, 15) is 4.79 Å². The van der Waals surface area contributed by atoms with Gasteiger partial charge in [-0.2, -0.15) is 0 Å². The van der Waals surface area contributed by atoms with E-state index in [-0.39, 0.29) is 12.5 Å². The van der Waals surface area contributed by atoms with Crippen LogP contribution in [-0.4, -0.2) is 27.8 Å². The van der Waals surface area contributed by atoms with Gasteiger partial charge in [0.25, 0.3) is 5.91 Å². The monoisotopic (exact) mass is 542 g/mol. The second-order valence-corrected chi connectivity index (χ2v) is 9.28. The van der Waals surface area contributed by atoms with Gasteiger partial charge < -0.3 is 10.1 Å². The maximum absolute atomic E-state index is 12.6. The van der Waals surface area contributed by atoms with Crippen molar-refractivity contribution in [3.05, 3.63) is 99.2 Å². The highest BCUT2D eigenvalue weighted by atomic mass is 79.9. The molecular weight excluding hydrogens is 524 g/mol. The first-order valence-electron chi connectivity index (χ1n) is 10.0. The Hall–Kier alpha value is -2.81. The number of carbonyl (C=O) groups excluding carboxylic acids is 1. The number of hydrogen-bond donors (Lipinski definition) is 1. The number of aromatic nitrogens is 3. The van der Waals surface area contributed by atoms with Crippen LogP contribution in [-0.2, 0) is 12.3 Å². The molecule has 0 aliphatic heterocycles. The van der Waals surface area contributed by atoms with E-state index in [1.807, 2.05) is 41.0 Å². The van der Waals surface area contributed by atoms with Gasteiger partial charge in [-0.1, -0.05) is 63.6 Å². The highest BCUT2D eigenvalue weighted by Crippen LogP contribution is 2.29. The number of nitrogens with zero attached hydrogens (tertiary/aromatic N) is 3. The SMILES string of the molecule is COc1ccc(C(=O)NCc2nnc(SCc3ccc(Br)cc3)n2-c2ccccc2Cl)cc1. The van der Waals surface area contributed by atoms with Crippen LogP contribution in [0.1, 0.15) is 21.7 Å². The van der Waals surface area contributed by atoms with Crippen molar-refractivity contribution in [2.45, 2.75) is 17.5 Å². The lowest BCUT2D eigenvalue weighted by atomic mass is 10.2. The maximum atomic E-state index is 12.6. The fraction of sp³-hybridized carbons (Fsp3) is 0.125. The quantitative estimate of drug-likeness (QED) is 0.280. The molecule has 1 heterocycles. The Morgan fingerprint density at radius 3 is 2.48 bits per heavy atom. The predicted octanol–water partition coefficient (Wildman–Crippen LogP) is 5.91. The van der Waals surface area contributed by atoms with E-state index in [4.69, 9.17) is 16.3 Å². The lowest BCUT2D eigenvalue weighted by Crippen LogP contribution is -2.24. The molecule has 0 saturated carbocycles. The van der Waals surface area contributed by atoms with Crippen LogP contribution < -0.4 is 10.1 Å². The molecule has 168 valence electrons. The van der Waals surface area contributed by atoms with Crippen molar-refractivity contribution in [2.75, 3.05) is 7.11 Å². The Labute approximate surface area is 209 Å². The number of rotatable bonds is 8. The summed E-state index contributed by atoms with van der Waals surface area (Å²) in [5.41, 5.74) is 2.45. The van der Waals surface area contributed by atoms with Crippen molar-refractivity contribution < 1.29 is 9.53 Å². The molecule has 3 aromatic carbocycles. The largest absolute Gasteiger partial charge is 0.497 e. The molecular formula is C24H20BrClN4O2S. The van der Waals surface area contributed by atoms with Crippen LogP contribution in [0.2, 0.25) is 5.02 Å². The van der Waals surface area contributed by atoms with E-state index in [1.54, 1.807) is 43.1 Å². The number of carbonyl (C=O) groups is 1. The third kappa shape index (κ3) is 5.76. The highest BCUT2D eigenvalue weighted by Gasteiger charge is 2.18. The molecule has 9 heteroatoms. The summed E-state index contributed by atoms with van der Waals surface area (Å²) in [6.45, 7) is 0.196. The number of benzene rings is 3. The third-order valence-corrected chi connectivity index (χ3v) is 6.68. The van der Waals surface area contributed by atoms with Crippen molar-refractivity contribution >= 4 is 45.2 Å². The third-order valence-electron chi connectivity index (χ3n) is 4.83. The summed E-state index contributed by atoms with van der Waals surface area (Å²) in [6.07, 6.45) is 0. The van der Waals surface area contributed by atoms with Crippen LogP contribution in [0.5, 0.6) is 5.75 Å². The fourth-order valence-electron chi connectivity index (χ4n) is 3.12. The van der Waals surface area contributed by atoms with Gasteiger partial charge in [-0.15, -0.1) is 10.2 Å². The molecule has 0 fully saturated rings. The number of methoxy groups -OCH3 is 1. The van der Waals surface area contributed by atoms with Crippen molar-refractivity contribution in [2.24, 2.45) is 0 Å². The van der Waals surface area contributed by atoms with Crippen LogP contribution in [0.25, 0.3) is 5.69 Å². The first kappa shape index (κ1) is 23.4.